The fourth-order valence-corrected chi connectivity index (χ4v) is 4.94. The molecule has 7 N–H and O–H groups in total. The first-order valence-corrected chi connectivity index (χ1v) is 11.9. The van der Waals surface area contributed by atoms with Gasteiger partial charge in [-0.15, -0.1) is 23.1 Å². The molecular weight excluding hydrogens is 520 g/mol. The van der Waals surface area contributed by atoms with E-state index in [2.05, 4.69) is 26.8 Å². The van der Waals surface area contributed by atoms with Crippen molar-refractivity contribution in [1.82, 2.24) is 15.2 Å². The molecule has 3 heterocycles. The van der Waals surface area contributed by atoms with Crippen LogP contribution >= 0.6 is 23.1 Å². The number of esters is 1. The first kappa shape index (κ1) is 26.6. The van der Waals surface area contributed by atoms with Gasteiger partial charge in [0.05, 0.1) is 0 Å². The zero-order chi connectivity index (χ0) is 26.6. The third kappa shape index (κ3) is 5.64. The Hall–Kier alpha value is -3.96. The highest BCUT2D eigenvalue weighted by Crippen LogP contribution is 2.40. The molecular formula is C19H20N6O9S2. The number of rotatable bonds is 11. The molecule has 15 nitrogen and oxygen atoms in total. The molecule has 36 heavy (non-hydrogen) atoms. The highest BCUT2D eigenvalue weighted by Gasteiger charge is 2.54. The number of anilines is 1. The van der Waals surface area contributed by atoms with Crippen LogP contribution in [0.2, 0.25) is 0 Å². The molecule has 17 heteroatoms. The van der Waals surface area contributed by atoms with Gasteiger partial charge in [-0.05, 0) is 5.57 Å². The fourth-order valence-electron chi connectivity index (χ4n) is 3.06. The summed E-state index contributed by atoms with van der Waals surface area (Å²) in [6, 6.07) is -2.49. The topological polar surface area (TPSA) is 237 Å². The van der Waals surface area contributed by atoms with Gasteiger partial charge in [-0.3, -0.25) is 19.3 Å². The third-order valence-electron chi connectivity index (χ3n) is 4.79. The number of thiazole rings is 1. The third-order valence-corrected chi connectivity index (χ3v) is 6.77. The van der Waals surface area contributed by atoms with Gasteiger partial charge in [0.25, 0.3) is 11.8 Å². The molecule has 0 spiro atoms. The Balaban J connectivity index is 1.70. The van der Waals surface area contributed by atoms with Gasteiger partial charge in [0.15, 0.2) is 10.8 Å². The molecule has 1 aromatic heterocycles. The number of nitrogens with two attached hydrogens (primary N) is 2. The van der Waals surface area contributed by atoms with Crippen LogP contribution in [0.5, 0.6) is 0 Å². The zero-order valence-electron chi connectivity index (χ0n) is 18.3. The molecule has 0 aliphatic carbocycles. The van der Waals surface area contributed by atoms with Crippen LogP contribution in [0.15, 0.2) is 34.5 Å². The number of aliphatic carboxylic acids is 2. The lowest BCUT2D eigenvalue weighted by Gasteiger charge is -2.49. The van der Waals surface area contributed by atoms with Gasteiger partial charge in [-0.2, -0.15) is 0 Å². The van der Waals surface area contributed by atoms with Crippen molar-refractivity contribution in [1.29, 1.82) is 0 Å². The number of carboxylic acids is 2. The number of carbonyl (C=O) groups excluding carboxylic acids is 3. The highest BCUT2D eigenvalue weighted by molar-refractivity contribution is 8.00. The van der Waals surface area contributed by atoms with Crippen LogP contribution < -0.4 is 16.8 Å². The molecule has 0 radical (unpaired) electrons. The molecule has 192 valence electrons. The minimum atomic E-state index is -1.42. The molecule has 3 atom stereocenters. The second-order valence-corrected chi connectivity index (χ2v) is 9.15. The fraction of sp³-hybridized carbons (Fsp3) is 0.316. The summed E-state index contributed by atoms with van der Waals surface area (Å²) in [6.45, 7) is 2.18. The number of nitrogens with zero attached hydrogens (tertiary/aromatic N) is 3. The van der Waals surface area contributed by atoms with E-state index >= 15 is 0 Å². The van der Waals surface area contributed by atoms with E-state index in [1.165, 1.54) is 23.2 Å². The first-order valence-electron chi connectivity index (χ1n) is 9.94. The van der Waals surface area contributed by atoms with Gasteiger partial charge in [-0.1, -0.05) is 17.8 Å². The van der Waals surface area contributed by atoms with Crippen molar-refractivity contribution in [2.75, 3.05) is 24.7 Å². The smallest absolute Gasteiger partial charge is 0.352 e. The van der Waals surface area contributed by atoms with Gasteiger partial charge in [-0.25, -0.2) is 14.6 Å². The van der Waals surface area contributed by atoms with E-state index in [4.69, 9.17) is 21.4 Å². The number of fused-ring (bicyclic) bond motifs is 1. The molecule has 0 saturated carbocycles. The number of hydrogen-bond acceptors (Lipinski definition) is 13. The summed E-state index contributed by atoms with van der Waals surface area (Å²) in [7, 11) is 0. The van der Waals surface area contributed by atoms with Crippen LogP contribution in [0.3, 0.4) is 0 Å². The number of hydrogen-bond donors (Lipinski definition) is 5. The summed E-state index contributed by atoms with van der Waals surface area (Å²) in [6.07, 6.45) is 1.36. The predicted octanol–water partition coefficient (Wildman–Crippen LogP) is -1.67. The Morgan fingerprint density at radius 1 is 1.39 bits per heavy atom. The number of oxime groups is 1. The Morgan fingerprint density at radius 3 is 2.69 bits per heavy atom. The number of ether oxygens (including phenoxy) is 1. The van der Waals surface area contributed by atoms with E-state index in [1.54, 1.807) is 0 Å². The molecule has 3 rings (SSSR count). The van der Waals surface area contributed by atoms with E-state index in [1.807, 2.05) is 0 Å². The maximum Gasteiger partial charge on any atom is 0.352 e. The molecule has 2 aliphatic rings. The first-order chi connectivity index (χ1) is 17.0. The van der Waals surface area contributed by atoms with E-state index < -0.39 is 66.1 Å². The quantitative estimate of drug-likeness (QED) is 0.0914. The van der Waals surface area contributed by atoms with Crippen molar-refractivity contribution in [3.8, 4) is 0 Å². The number of amides is 2. The summed E-state index contributed by atoms with van der Waals surface area (Å²) in [4.78, 5) is 69.6. The summed E-state index contributed by atoms with van der Waals surface area (Å²) < 4.78 is 4.64. The average Bonchev–Trinajstić information content (AvgIpc) is 3.27. The van der Waals surface area contributed by atoms with Crippen LogP contribution in [0.4, 0.5) is 5.13 Å². The number of carbonyl (C=O) groups is 5. The lowest BCUT2D eigenvalue weighted by atomic mass is 10.0. The predicted molar refractivity (Wildman–Crippen MR) is 125 cm³/mol. The summed E-state index contributed by atoms with van der Waals surface area (Å²) in [5, 5.41) is 25.1. The second kappa shape index (κ2) is 11.2. The number of aromatic nitrogens is 1. The number of allylic oxidation sites excluding steroid dienone is 1. The second-order valence-electron chi connectivity index (χ2n) is 7.16. The van der Waals surface area contributed by atoms with Gasteiger partial charge < -0.3 is 36.6 Å². The van der Waals surface area contributed by atoms with Crippen molar-refractivity contribution in [2.24, 2.45) is 10.9 Å². The Bertz CT molecular complexity index is 1180. The molecule has 2 unspecified atom stereocenters. The molecule has 1 saturated heterocycles. The van der Waals surface area contributed by atoms with E-state index in [0.717, 1.165) is 16.2 Å². The molecule has 2 aliphatic heterocycles. The number of β-lactam (4-membered cyclic amide) rings is 1. The molecule has 2 amide bonds. The monoisotopic (exact) mass is 540 g/mol. The summed E-state index contributed by atoms with van der Waals surface area (Å²) >= 11 is 2.24. The Kier molecular flexibility index (Phi) is 8.28. The molecule has 1 aromatic rings. The van der Waals surface area contributed by atoms with Crippen molar-refractivity contribution in [2.45, 2.75) is 17.5 Å². The number of nitrogen functional groups attached to an aromatic ring is 1. The van der Waals surface area contributed by atoms with Crippen LogP contribution in [-0.4, -0.2) is 92.0 Å². The van der Waals surface area contributed by atoms with Crippen LogP contribution in [0, 0.1) is 0 Å². The summed E-state index contributed by atoms with van der Waals surface area (Å²) in [5.74, 6) is -4.93. The average molecular weight is 541 g/mol. The molecule has 1 fully saturated rings. The maximum atomic E-state index is 13.0. The molecule has 0 aromatic carbocycles. The van der Waals surface area contributed by atoms with Crippen molar-refractivity contribution in [3.63, 3.8) is 0 Å². The minimum absolute atomic E-state index is 0.00347. The number of carboxylic acid groups (broad SMARTS) is 2. The highest BCUT2D eigenvalue weighted by atomic mass is 32.2. The van der Waals surface area contributed by atoms with Crippen LogP contribution in [-0.2, 0) is 33.5 Å². The van der Waals surface area contributed by atoms with E-state index in [9.17, 15) is 29.1 Å². The van der Waals surface area contributed by atoms with Crippen LogP contribution in [0.1, 0.15) is 5.69 Å². The number of nitrogens with one attached hydrogen (secondary N) is 1. The lowest BCUT2D eigenvalue weighted by molar-refractivity contribution is -0.152. The number of thioether (sulfide) groups is 1. The molecule has 0 bridgehead atoms. The van der Waals surface area contributed by atoms with Gasteiger partial charge in [0.2, 0.25) is 6.61 Å². The van der Waals surface area contributed by atoms with Crippen molar-refractivity contribution >= 4 is 63.7 Å². The maximum absolute atomic E-state index is 13.0. The normalized spacial score (nSPS) is 20.1. The minimum Gasteiger partial charge on any atom is -0.480 e. The van der Waals surface area contributed by atoms with E-state index in [-0.39, 0.29) is 22.3 Å². The Morgan fingerprint density at radius 2 is 2.11 bits per heavy atom. The van der Waals surface area contributed by atoms with Crippen LogP contribution in [0.25, 0.3) is 0 Å². The van der Waals surface area contributed by atoms with Crippen molar-refractivity contribution in [3.05, 3.63) is 35.0 Å². The zero-order valence-corrected chi connectivity index (χ0v) is 19.9. The Labute approximate surface area is 210 Å². The lowest BCUT2D eigenvalue weighted by Crippen LogP contribution is -2.71. The van der Waals surface area contributed by atoms with Gasteiger partial charge >= 0.3 is 17.9 Å². The van der Waals surface area contributed by atoms with Gasteiger partial charge in [0.1, 0.15) is 35.5 Å². The summed E-state index contributed by atoms with van der Waals surface area (Å²) in [5.41, 5.74) is 10.6. The standard InChI is InChI=1S/C19H20N6O9S2/c1-2-7-5-35-16-12(15(28)25(16)13(7)18(31)32)23-14(27)11(9-6-36-19(21)22-9)24-34-4-10(26)33-3-8(20)17(29)30/h2,6,8,12,16H,1,3-5,20H2,(H2,21,22)(H,23,27)(H,29,30)(H,31,32)/b24-11+/t8?,12?,16-/m1/s1. The van der Waals surface area contributed by atoms with E-state index in [0.29, 0.717) is 5.57 Å². The largest absolute Gasteiger partial charge is 0.480 e. The SMILES string of the molecule is C=CC1=C(C(=O)O)N2C(=O)C(NC(=O)/C(=N/OCC(=O)OCC(N)C(=O)O)c3csc(N)n3)[C@H]2SC1. The van der Waals surface area contributed by atoms with Crippen molar-refractivity contribution < 1.29 is 43.8 Å². The van der Waals surface area contributed by atoms with Gasteiger partial charge in [0, 0.05) is 11.1 Å².